The van der Waals surface area contributed by atoms with E-state index in [-0.39, 0.29) is 17.7 Å². The molecule has 1 saturated heterocycles. The van der Waals surface area contributed by atoms with Crippen molar-refractivity contribution in [3.63, 3.8) is 0 Å². The molecule has 1 fully saturated rings. The van der Waals surface area contributed by atoms with Crippen LogP contribution in [0, 0.1) is 0 Å². The van der Waals surface area contributed by atoms with E-state index in [1.807, 2.05) is 18.2 Å². The number of aromatic nitrogens is 2. The highest BCUT2D eigenvalue weighted by Gasteiger charge is 2.28. The SMILES string of the molecule is Cn1nc(C=O)c2cc(C3CCC(=O)NC3=O)ccc21. The molecule has 6 nitrogen and oxygen atoms in total. The summed E-state index contributed by atoms with van der Waals surface area (Å²) in [6.07, 6.45) is 1.53. The Balaban J connectivity index is 2.06. The van der Waals surface area contributed by atoms with E-state index in [0.717, 1.165) is 16.5 Å². The van der Waals surface area contributed by atoms with Crippen molar-refractivity contribution in [3.05, 3.63) is 29.5 Å². The van der Waals surface area contributed by atoms with Crippen molar-refractivity contribution >= 4 is 29.0 Å². The highest BCUT2D eigenvalue weighted by Crippen LogP contribution is 2.28. The second-order valence-corrected chi connectivity index (χ2v) is 4.91. The van der Waals surface area contributed by atoms with Crippen molar-refractivity contribution in [2.24, 2.45) is 7.05 Å². The summed E-state index contributed by atoms with van der Waals surface area (Å²) in [4.78, 5) is 34.1. The van der Waals surface area contributed by atoms with E-state index in [4.69, 9.17) is 0 Å². The zero-order valence-corrected chi connectivity index (χ0v) is 10.9. The Kier molecular flexibility index (Phi) is 2.85. The maximum absolute atomic E-state index is 11.9. The Morgan fingerprint density at radius 3 is 2.90 bits per heavy atom. The van der Waals surface area contributed by atoms with E-state index >= 15 is 0 Å². The van der Waals surface area contributed by atoms with E-state index < -0.39 is 0 Å². The van der Waals surface area contributed by atoms with Crippen LogP contribution in [0.5, 0.6) is 0 Å². The topological polar surface area (TPSA) is 81.1 Å². The highest BCUT2D eigenvalue weighted by atomic mass is 16.2. The monoisotopic (exact) mass is 271 g/mol. The van der Waals surface area contributed by atoms with E-state index in [9.17, 15) is 14.4 Å². The van der Waals surface area contributed by atoms with Crippen LogP contribution in [0.15, 0.2) is 18.2 Å². The molecule has 20 heavy (non-hydrogen) atoms. The Hall–Kier alpha value is -2.50. The fraction of sp³-hybridized carbons (Fsp3) is 0.286. The van der Waals surface area contributed by atoms with Gasteiger partial charge in [0.05, 0.1) is 11.4 Å². The normalized spacial score (nSPS) is 19.1. The van der Waals surface area contributed by atoms with Crippen LogP contribution in [0.2, 0.25) is 0 Å². The number of nitrogens with one attached hydrogen (secondary N) is 1. The van der Waals surface area contributed by atoms with Gasteiger partial charge in [-0.1, -0.05) is 6.07 Å². The van der Waals surface area contributed by atoms with Gasteiger partial charge < -0.3 is 0 Å². The fourth-order valence-corrected chi connectivity index (χ4v) is 2.63. The number of amides is 2. The lowest BCUT2D eigenvalue weighted by atomic mass is 9.90. The lowest BCUT2D eigenvalue weighted by Crippen LogP contribution is -2.39. The number of hydrogen-bond acceptors (Lipinski definition) is 4. The minimum atomic E-state index is -0.350. The summed E-state index contributed by atoms with van der Waals surface area (Å²) in [5.74, 6) is -0.865. The first-order chi connectivity index (χ1) is 9.60. The molecule has 3 rings (SSSR count). The molecule has 1 N–H and O–H groups in total. The lowest BCUT2D eigenvalue weighted by Gasteiger charge is -2.21. The van der Waals surface area contributed by atoms with Gasteiger partial charge in [-0.2, -0.15) is 5.10 Å². The number of rotatable bonds is 2. The molecule has 1 unspecified atom stereocenters. The average molecular weight is 271 g/mol. The highest BCUT2D eigenvalue weighted by molar-refractivity contribution is 6.02. The molecule has 0 spiro atoms. The Morgan fingerprint density at radius 2 is 2.20 bits per heavy atom. The molecule has 2 heterocycles. The van der Waals surface area contributed by atoms with Gasteiger partial charge in [0, 0.05) is 18.9 Å². The minimum absolute atomic E-state index is 0.234. The number of hydrogen-bond donors (Lipinski definition) is 1. The maximum atomic E-state index is 11.9. The number of imide groups is 1. The van der Waals surface area contributed by atoms with Crippen molar-refractivity contribution in [2.45, 2.75) is 18.8 Å². The molecule has 1 aliphatic heterocycles. The number of aryl methyl sites for hydroxylation is 1. The predicted octanol–water partition coefficient (Wildman–Crippen LogP) is 0.906. The predicted molar refractivity (Wildman–Crippen MR) is 71.2 cm³/mol. The van der Waals surface area contributed by atoms with Crippen LogP contribution in [0.1, 0.15) is 34.8 Å². The second kappa shape index (κ2) is 4.56. The molecule has 2 amide bonds. The first-order valence-corrected chi connectivity index (χ1v) is 6.35. The molecule has 0 bridgehead atoms. The summed E-state index contributed by atoms with van der Waals surface area (Å²) in [6.45, 7) is 0. The first-order valence-electron chi connectivity index (χ1n) is 6.35. The molecule has 1 aromatic heterocycles. The summed E-state index contributed by atoms with van der Waals surface area (Å²) in [6, 6.07) is 5.50. The van der Waals surface area contributed by atoms with Gasteiger partial charge in [-0.3, -0.25) is 24.4 Å². The number of piperidine rings is 1. The van der Waals surface area contributed by atoms with E-state index in [1.54, 1.807) is 11.7 Å². The molecule has 0 saturated carbocycles. The Bertz CT molecular complexity index is 733. The van der Waals surface area contributed by atoms with E-state index in [0.29, 0.717) is 24.8 Å². The molecular formula is C14H13N3O3. The van der Waals surface area contributed by atoms with Crippen LogP contribution in [0.25, 0.3) is 10.9 Å². The summed E-state index contributed by atoms with van der Waals surface area (Å²) < 4.78 is 1.63. The third-order valence-electron chi connectivity index (χ3n) is 3.66. The number of aldehydes is 1. The molecule has 102 valence electrons. The van der Waals surface area contributed by atoms with Gasteiger partial charge in [-0.15, -0.1) is 0 Å². The van der Waals surface area contributed by atoms with Gasteiger partial charge in [-0.25, -0.2) is 0 Å². The first kappa shape index (κ1) is 12.5. The number of carbonyl (C=O) groups excluding carboxylic acids is 3. The Labute approximate surface area is 114 Å². The molecule has 1 aromatic carbocycles. The van der Waals surface area contributed by atoms with Crippen molar-refractivity contribution in [3.8, 4) is 0 Å². The number of fused-ring (bicyclic) bond motifs is 1. The van der Waals surface area contributed by atoms with Crippen molar-refractivity contribution in [2.75, 3.05) is 0 Å². The van der Waals surface area contributed by atoms with Crippen LogP contribution in [0.3, 0.4) is 0 Å². The maximum Gasteiger partial charge on any atom is 0.234 e. The van der Waals surface area contributed by atoms with Gasteiger partial charge in [0.2, 0.25) is 11.8 Å². The number of benzene rings is 1. The molecule has 0 aliphatic carbocycles. The van der Waals surface area contributed by atoms with Crippen molar-refractivity contribution in [1.82, 2.24) is 15.1 Å². The minimum Gasteiger partial charge on any atom is -0.296 e. The summed E-state index contributed by atoms with van der Waals surface area (Å²) in [7, 11) is 1.76. The van der Waals surface area contributed by atoms with Crippen molar-refractivity contribution in [1.29, 1.82) is 0 Å². The van der Waals surface area contributed by atoms with Gasteiger partial charge >= 0.3 is 0 Å². The van der Waals surface area contributed by atoms with Crippen LogP contribution < -0.4 is 5.32 Å². The molecular weight excluding hydrogens is 258 g/mol. The smallest absolute Gasteiger partial charge is 0.234 e. The average Bonchev–Trinajstić information content (AvgIpc) is 2.75. The van der Waals surface area contributed by atoms with Gasteiger partial charge in [-0.05, 0) is 24.1 Å². The molecule has 1 aliphatic rings. The van der Waals surface area contributed by atoms with Crippen LogP contribution in [-0.4, -0.2) is 27.9 Å². The largest absolute Gasteiger partial charge is 0.296 e. The van der Waals surface area contributed by atoms with Gasteiger partial charge in [0.15, 0.2) is 6.29 Å². The molecule has 2 aromatic rings. The fourth-order valence-electron chi connectivity index (χ4n) is 2.63. The van der Waals surface area contributed by atoms with Gasteiger partial charge in [0.25, 0.3) is 0 Å². The Morgan fingerprint density at radius 1 is 1.40 bits per heavy atom. The third kappa shape index (κ3) is 1.89. The molecule has 1 atom stereocenters. The summed E-state index contributed by atoms with van der Waals surface area (Å²) in [5.41, 5.74) is 2.00. The van der Waals surface area contributed by atoms with Crippen LogP contribution in [0.4, 0.5) is 0 Å². The number of nitrogens with zero attached hydrogens (tertiary/aromatic N) is 2. The standard InChI is InChI=1S/C14H13N3O3/c1-17-12-4-2-8(6-10(12)11(7-18)16-17)9-3-5-13(19)15-14(9)20/h2,4,6-7,9H,3,5H2,1H3,(H,15,19,20). The lowest BCUT2D eigenvalue weighted by molar-refractivity contribution is -0.134. The molecule has 0 radical (unpaired) electrons. The molecule has 6 heteroatoms. The van der Waals surface area contributed by atoms with Crippen LogP contribution in [-0.2, 0) is 16.6 Å². The van der Waals surface area contributed by atoms with E-state index in [2.05, 4.69) is 10.4 Å². The van der Waals surface area contributed by atoms with Crippen molar-refractivity contribution < 1.29 is 14.4 Å². The number of carbonyl (C=O) groups is 3. The zero-order valence-electron chi connectivity index (χ0n) is 10.9. The zero-order chi connectivity index (χ0) is 14.3. The third-order valence-corrected chi connectivity index (χ3v) is 3.66. The summed E-state index contributed by atoms with van der Waals surface area (Å²) in [5, 5.41) is 7.19. The van der Waals surface area contributed by atoms with E-state index in [1.165, 1.54) is 0 Å². The van der Waals surface area contributed by atoms with Gasteiger partial charge in [0.1, 0.15) is 5.69 Å². The second-order valence-electron chi connectivity index (χ2n) is 4.91. The quantitative estimate of drug-likeness (QED) is 0.650. The van der Waals surface area contributed by atoms with Crippen LogP contribution >= 0.6 is 0 Å². The summed E-state index contributed by atoms with van der Waals surface area (Å²) >= 11 is 0.